The number of nitrogens with zero attached hydrogens (tertiary/aromatic N) is 2. The van der Waals surface area contributed by atoms with Crippen LogP contribution >= 0.6 is 0 Å². The van der Waals surface area contributed by atoms with E-state index >= 15 is 0 Å². The Hall–Kier alpha value is -1.68. The Kier molecular flexibility index (Phi) is 3.77. The number of aryl methyl sites for hydroxylation is 1. The largest absolute Gasteiger partial charge is 0.330 e. The second-order valence-electron chi connectivity index (χ2n) is 4.72. The van der Waals surface area contributed by atoms with E-state index in [1.165, 1.54) is 6.07 Å². The van der Waals surface area contributed by atoms with Crippen molar-refractivity contribution in [3.8, 4) is 0 Å². The molecule has 0 aliphatic heterocycles. The molecule has 0 spiro atoms. The monoisotopic (exact) mass is 247 g/mol. The average Bonchev–Trinajstić information content (AvgIpc) is 2.70. The molecule has 0 amide bonds. The fraction of sp³-hybridized carbons (Fsp3) is 0.357. The van der Waals surface area contributed by atoms with Crippen LogP contribution in [0.5, 0.6) is 0 Å². The molecule has 4 heteroatoms. The van der Waals surface area contributed by atoms with Crippen LogP contribution in [0.4, 0.5) is 4.39 Å². The van der Waals surface area contributed by atoms with Crippen LogP contribution in [0.3, 0.4) is 0 Å². The predicted octanol–water partition coefficient (Wildman–Crippen LogP) is 2.27. The molecule has 18 heavy (non-hydrogen) atoms. The van der Waals surface area contributed by atoms with Gasteiger partial charge in [0.2, 0.25) is 0 Å². The standard InChI is InChI=1S/C14H18FN3/c1-10-3-4-13(15)8-12(10)9-18-6-5-17-14(18)7-11(2)16/h3-6,8,11H,7,9,16H2,1-2H3. The van der Waals surface area contributed by atoms with E-state index in [0.717, 1.165) is 23.4 Å². The molecule has 2 N–H and O–H groups in total. The van der Waals surface area contributed by atoms with E-state index in [0.29, 0.717) is 6.54 Å². The summed E-state index contributed by atoms with van der Waals surface area (Å²) in [6.07, 6.45) is 4.38. The third kappa shape index (κ3) is 2.96. The van der Waals surface area contributed by atoms with Crippen LogP contribution in [0.1, 0.15) is 23.9 Å². The van der Waals surface area contributed by atoms with Crippen molar-refractivity contribution in [2.75, 3.05) is 0 Å². The van der Waals surface area contributed by atoms with Crippen molar-refractivity contribution in [1.82, 2.24) is 9.55 Å². The lowest BCUT2D eigenvalue weighted by Crippen LogP contribution is -2.20. The van der Waals surface area contributed by atoms with Crippen molar-refractivity contribution in [3.63, 3.8) is 0 Å². The Morgan fingerprint density at radius 2 is 2.22 bits per heavy atom. The van der Waals surface area contributed by atoms with E-state index in [1.54, 1.807) is 18.3 Å². The molecule has 0 aliphatic carbocycles. The van der Waals surface area contributed by atoms with Gasteiger partial charge in [0.15, 0.2) is 0 Å². The Balaban J connectivity index is 2.23. The molecule has 96 valence electrons. The molecule has 3 nitrogen and oxygen atoms in total. The number of hydrogen-bond acceptors (Lipinski definition) is 2. The van der Waals surface area contributed by atoms with Crippen LogP contribution in [-0.4, -0.2) is 15.6 Å². The van der Waals surface area contributed by atoms with E-state index in [-0.39, 0.29) is 11.9 Å². The fourth-order valence-electron chi connectivity index (χ4n) is 1.96. The zero-order valence-corrected chi connectivity index (χ0v) is 10.7. The number of nitrogens with two attached hydrogens (primary N) is 1. The Morgan fingerprint density at radius 3 is 2.94 bits per heavy atom. The third-order valence-corrected chi connectivity index (χ3v) is 2.96. The summed E-state index contributed by atoms with van der Waals surface area (Å²) in [5, 5.41) is 0. The molecule has 1 unspecified atom stereocenters. The quantitative estimate of drug-likeness (QED) is 0.900. The summed E-state index contributed by atoms with van der Waals surface area (Å²) in [5.74, 6) is 0.734. The van der Waals surface area contributed by atoms with Gasteiger partial charge in [-0.1, -0.05) is 6.07 Å². The molecule has 0 saturated carbocycles. The Morgan fingerprint density at radius 1 is 1.44 bits per heavy atom. The lowest BCUT2D eigenvalue weighted by atomic mass is 10.1. The molecule has 0 aliphatic rings. The molecular weight excluding hydrogens is 229 g/mol. The highest BCUT2D eigenvalue weighted by Gasteiger charge is 2.08. The maximum absolute atomic E-state index is 13.2. The van der Waals surface area contributed by atoms with Crippen LogP contribution in [0.15, 0.2) is 30.6 Å². The van der Waals surface area contributed by atoms with E-state index < -0.39 is 0 Å². The normalized spacial score (nSPS) is 12.7. The van der Waals surface area contributed by atoms with Crippen LogP contribution in [0.25, 0.3) is 0 Å². The van der Waals surface area contributed by atoms with Crippen LogP contribution < -0.4 is 5.73 Å². The number of hydrogen-bond donors (Lipinski definition) is 1. The molecule has 0 fully saturated rings. The third-order valence-electron chi connectivity index (χ3n) is 2.96. The number of rotatable bonds is 4. The van der Waals surface area contributed by atoms with Gasteiger partial charge in [0.1, 0.15) is 11.6 Å². The van der Waals surface area contributed by atoms with Crippen molar-refractivity contribution in [1.29, 1.82) is 0 Å². The summed E-state index contributed by atoms with van der Waals surface area (Å²) in [6, 6.07) is 4.92. The highest BCUT2D eigenvalue weighted by Crippen LogP contribution is 2.13. The van der Waals surface area contributed by atoms with Crippen molar-refractivity contribution in [3.05, 3.63) is 53.4 Å². The van der Waals surface area contributed by atoms with Gasteiger partial charge >= 0.3 is 0 Å². The molecule has 2 aromatic rings. The van der Waals surface area contributed by atoms with Gasteiger partial charge in [-0.15, -0.1) is 0 Å². The van der Waals surface area contributed by atoms with Gasteiger partial charge in [0.05, 0.1) is 0 Å². The summed E-state index contributed by atoms with van der Waals surface area (Å²) >= 11 is 0. The SMILES string of the molecule is Cc1ccc(F)cc1Cn1ccnc1CC(C)N. The Labute approximate surface area is 106 Å². The van der Waals surface area contributed by atoms with Gasteiger partial charge in [0.25, 0.3) is 0 Å². The molecule has 2 rings (SSSR count). The molecule has 1 aromatic carbocycles. The zero-order chi connectivity index (χ0) is 13.1. The minimum atomic E-state index is -0.204. The fourth-order valence-corrected chi connectivity index (χ4v) is 1.96. The minimum Gasteiger partial charge on any atom is -0.330 e. The molecule has 0 bridgehead atoms. The number of aromatic nitrogens is 2. The highest BCUT2D eigenvalue weighted by molar-refractivity contribution is 5.27. The van der Waals surface area contributed by atoms with Crippen molar-refractivity contribution >= 4 is 0 Å². The first-order chi connectivity index (χ1) is 8.56. The number of benzene rings is 1. The number of imidazole rings is 1. The van der Waals surface area contributed by atoms with E-state index in [9.17, 15) is 4.39 Å². The molecule has 1 heterocycles. The van der Waals surface area contributed by atoms with Gasteiger partial charge in [-0.05, 0) is 37.1 Å². The van der Waals surface area contributed by atoms with Crippen molar-refractivity contribution in [2.24, 2.45) is 5.73 Å². The molecule has 1 aromatic heterocycles. The first-order valence-corrected chi connectivity index (χ1v) is 6.07. The van der Waals surface area contributed by atoms with Crippen LogP contribution in [-0.2, 0) is 13.0 Å². The molecule has 0 radical (unpaired) electrons. The second kappa shape index (κ2) is 5.31. The smallest absolute Gasteiger partial charge is 0.123 e. The van der Waals surface area contributed by atoms with Gasteiger partial charge in [-0.3, -0.25) is 0 Å². The van der Waals surface area contributed by atoms with Crippen molar-refractivity contribution in [2.45, 2.75) is 32.9 Å². The molecular formula is C14H18FN3. The topological polar surface area (TPSA) is 43.8 Å². The van der Waals surface area contributed by atoms with Crippen LogP contribution in [0.2, 0.25) is 0 Å². The van der Waals surface area contributed by atoms with Crippen molar-refractivity contribution < 1.29 is 4.39 Å². The van der Waals surface area contributed by atoms with Gasteiger partial charge in [-0.25, -0.2) is 9.37 Å². The van der Waals surface area contributed by atoms with E-state index in [1.807, 2.05) is 24.6 Å². The van der Waals surface area contributed by atoms with Crippen LogP contribution in [0, 0.1) is 12.7 Å². The van der Waals surface area contributed by atoms with Gasteiger partial charge in [-0.2, -0.15) is 0 Å². The summed E-state index contributed by atoms with van der Waals surface area (Å²) in [5.41, 5.74) is 7.84. The summed E-state index contributed by atoms with van der Waals surface area (Å²) < 4.78 is 15.3. The van der Waals surface area contributed by atoms with E-state index in [2.05, 4.69) is 4.98 Å². The maximum atomic E-state index is 13.2. The van der Waals surface area contributed by atoms with Gasteiger partial charge in [0, 0.05) is 31.4 Å². The maximum Gasteiger partial charge on any atom is 0.123 e. The van der Waals surface area contributed by atoms with Gasteiger partial charge < -0.3 is 10.3 Å². The first-order valence-electron chi connectivity index (χ1n) is 6.07. The minimum absolute atomic E-state index is 0.0692. The zero-order valence-electron chi connectivity index (χ0n) is 10.7. The summed E-state index contributed by atoms with van der Waals surface area (Å²) in [4.78, 5) is 4.29. The lowest BCUT2D eigenvalue weighted by molar-refractivity contribution is 0.617. The Bertz CT molecular complexity index is 532. The number of halogens is 1. The second-order valence-corrected chi connectivity index (χ2v) is 4.72. The summed E-state index contributed by atoms with van der Waals surface area (Å²) in [7, 11) is 0. The summed E-state index contributed by atoms with van der Waals surface area (Å²) in [6.45, 7) is 4.56. The van der Waals surface area contributed by atoms with E-state index in [4.69, 9.17) is 5.73 Å². The molecule has 0 saturated heterocycles. The first kappa shape index (κ1) is 12.8. The highest BCUT2D eigenvalue weighted by atomic mass is 19.1. The molecule has 1 atom stereocenters. The predicted molar refractivity (Wildman–Crippen MR) is 69.8 cm³/mol. The average molecular weight is 247 g/mol. The lowest BCUT2D eigenvalue weighted by Gasteiger charge is -2.11.